The maximum absolute atomic E-state index is 5.34. The van der Waals surface area contributed by atoms with Gasteiger partial charge >= 0.3 is 0 Å². The van der Waals surface area contributed by atoms with Crippen LogP contribution < -0.4 is 0 Å². The lowest BCUT2D eigenvalue weighted by atomic mass is 9.68. The van der Waals surface area contributed by atoms with Crippen LogP contribution in [-0.2, 0) is 5.41 Å². The van der Waals surface area contributed by atoms with E-state index >= 15 is 0 Å². The van der Waals surface area contributed by atoms with Crippen LogP contribution in [0.2, 0.25) is 0 Å². The summed E-state index contributed by atoms with van der Waals surface area (Å²) in [5, 5.41) is 2.14. The van der Waals surface area contributed by atoms with Gasteiger partial charge in [0.25, 0.3) is 0 Å². The molecule has 0 saturated carbocycles. The van der Waals surface area contributed by atoms with E-state index in [1.165, 1.54) is 38.9 Å². The predicted octanol–water partition coefficient (Wildman–Crippen LogP) is 11.5. The third-order valence-corrected chi connectivity index (χ3v) is 10.4. The molecule has 3 nitrogen and oxygen atoms in total. The molecule has 0 spiro atoms. The second-order valence-corrected chi connectivity index (χ2v) is 13.2. The summed E-state index contributed by atoms with van der Waals surface area (Å²) in [6, 6.07) is 62.7. The Kier molecular flexibility index (Phi) is 6.71. The van der Waals surface area contributed by atoms with Crippen LogP contribution in [0.3, 0.4) is 0 Å². The molecule has 3 heterocycles. The smallest absolute Gasteiger partial charge is 0.0972 e. The molecular formula is C48H31N3. The summed E-state index contributed by atoms with van der Waals surface area (Å²) >= 11 is 0. The number of fused-ring (bicyclic) bond motifs is 6. The van der Waals surface area contributed by atoms with Crippen molar-refractivity contribution in [3.05, 3.63) is 211 Å². The van der Waals surface area contributed by atoms with Crippen LogP contribution >= 0.6 is 0 Å². The predicted molar refractivity (Wildman–Crippen MR) is 208 cm³/mol. The number of aromatic nitrogens is 3. The molecular weight excluding hydrogens is 619 g/mol. The quantitative estimate of drug-likeness (QED) is 0.174. The van der Waals surface area contributed by atoms with Crippen LogP contribution in [0.4, 0.5) is 0 Å². The number of benzene rings is 6. The minimum Gasteiger partial charge on any atom is -0.264 e. The average Bonchev–Trinajstić information content (AvgIpc) is 3.52. The molecule has 10 rings (SSSR count). The first-order chi connectivity index (χ1) is 25.3. The van der Waals surface area contributed by atoms with Gasteiger partial charge in [0, 0.05) is 34.3 Å². The van der Waals surface area contributed by atoms with E-state index in [2.05, 4.69) is 169 Å². The van der Waals surface area contributed by atoms with Gasteiger partial charge in [-0.3, -0.25) is 4.98 Å². The SMILES string of the molecule is c1ccc(-c2cccc(-c3ccc4ccc5ccc(-c6ccc7c(c6)-c6ccccc6C7(c6ccccc6)c6cccnc6)nc5c4n3)c2)cc1. The highest BCUT2D eigenvalue weighted by molar-refractivity contribution is 6.04. The number of nitrogens with zero attached hydrogens (tertiary/aromatic N) is 3. The van der Waals surface area contributed by atoms with Crippen LogP contribution in [0.25, 0.3) is 66.6 Å². The Hall–Kier alpha value is -6.71. The minimum absolute atomic E-state index is 0.481. The van der Waals surface area contributed by atoms with Gasteiger partial charge in [-0.05, 0) is 74.8 Å². The van der Waals surface area contributed by atoms with Crippen molar-refractivity contribution in [1.82, 2.24) is 15.0 Å². The molecule has 0 amide bonds. The molecule has 0 saturated heterocycles. The number of pyridine rings is 3. The normalized spacial score (nSPS) is 14.7. The molecule has 6 aromatic carbocycles. The molecule has 3 heteroatoms. The van der Waals surface area contributed by atoms with Crippen LogP contribution in [0.5, 0.6) is 0 Å². The fourth-order valence-electron chi connectivity index (χ4n) is 8.08. The molecule has 0 aliphatic heterocycles. The van der Waals surface area contributed by atoms with E-state index in [0.29, 0.717) is 0 Å². The van der Waals surface area contributed by atoms with E-state index in [9.17, 15) is 0 Å². The van der Waals surface area contributed by atoms with Crippen LogP contribution in [0, 0.1) is 0 Å². The van der Waals surface area contributed by atoms with Gasteiger partial charge < -0.3 is 0 Å². The maximum Gasteiger partial charge on any atom is 0.0972 e. The Balaban J connectivity index is 1.13. The Bertz CT molecular complexity index is 2700. The molecule has 1 aliphatic carbocycles. The first-order valence-corrected chi connectivity index (χ1v) is 17.3. The van der Waals surface area contributed by atoms with Gasteiger partial charge in [-0.1, -0.05) is 146 Å². The first kappa shape index (κ1) is 29.2. The molecule has 0 radical (unpaired) electrons. The number of hydrogen-bond acceptors (Lipinski definition) is 3. The van der Waals surface area contributed by atoms with Crippen LogP contribution in [0.15, 0.2) is 188 Å². The summed E-state index contributed by atoms with van der Waals surface area (Å²) in [4.78, 5) is 15.2. The highest BCUT2D eigenvalue weighted by Crippen LogP contribution is 2.56. The van der Waals surface area contributed by atoms with Crippen molar-refractivity contribution in [3.8, 4) is 44.8 Å². The van der Waals surface area contributed by atoms with Crippen molar-refractivity contribution < 1.29 is 0 Å². The zero-order valence-corrected chi connectivity index (χ0v) is 27.7. The molecule has 0 bridgehead atoms. The second kappa shape index (κ2) is 11.7. The van der Waals surface area contributed by atoms with Gasteiger partial charge in [0.15, 0.2) is 0 Å². The Labute approximate surface area is 296 Å². The van der Waals surface area contributed by atoms with E-state index in [1.54, 1.807) is 0 Å². The van der Waals surface area contributed by atoms with E-state index in [-0.39, 0.29) is 0 Å². The molecule has 0 N–H and O–H groups in total. The number of rotatable bonds is 5. The molecule has 1 unspecified atom stereocenters. The summed E-state index contributed by atoms with van der Waals surface area (Å²) in [6.45, 7) is 0. The fraction of sp³-hybridized carbons (Fsp3) is 0.0208. The van der Waals surface area contributed by atoms with Gasteiger partial charge in [-0.2, -0.15) is 0 Å². The van der Waals surface area contributed by atoms with E-state index in [0.717, 1.165) is 49.9 Å². The van der Waals surface area contributed by atoms with Gasteiger partial charge in [0.05, 0.1) is 27.8 Å². The summed E-state index contributed by atoms with van der Waals surface area (Å²) in [7, 11) is 0. The van der Waals surface area contributed by atoms with Crippen molar-refractivity contribution in [2.24, 2.45) is 0 Å². The fourth-order valence-corrected chi connectivity index (χ4v) is 8.08. The highest BCUT2D eigenvalue weighted by atomic mass is 14.8. The molecule has 51 heavy (non-hydrogen) atoms. The Morgan fingerprint density at radius 2 is 0.961 bits per heavy atom. The minimum atomic E-state index is -0.481. The van der Waals surface area contributed by atoms with Crippen molar-refractivity contribution in [3.63, 3.8) is 0 Å². The lowest BCUT2D eigenvalue weighted by molar-refractivity contribution is 0.763. The molecule has 0 fully saturated rings. The molecule has 1 atom stereocenters. The molecule has 238 valence electrons. The summed E-state index contributed by atoms with van der Waals surface area (Å²) < 4.78 is 0. The lowest BCUT2D eigenvalue weighted by Crippen LogP contribution is -2.28. The van der Waals surface area contributed by atoms with E-state index in [4.69, 9.17) is 9.97 Å². The third-order valence-electron chi connectivity index (χ3n) is 10.4. The van der Waals surface area contributed by atoms with Gasteiger partial charge in [-0.25, -0.2) is 9.97 Å². The Morgan fingerprint density at radius 1 is 0.373 bits per heavy atom. The van der Waals surface area contributed by atoms with Crippen molar-refractivity contribution >= 4 is 21.8 Å². The summed E-state index contributed by atoms with van der Waals surface area (Å²) in [6.07, 6.45) is 3.86. The lowest BCUT2D eigenvalue weighted by Gasteiger charge is -2.33. The molecule has 3 aromatic heterocycles. The standard InChI is InChI=1S/C48H31N3/c1-3-11-32(12-4-1)35-13-9-14-36(29-35)44-26-23-33-20-21-34-24-27-45(51-47(34)46(33)50-44)37-22-25-43-41(30-37)40-18-7-8-19-42(40)48(43,38-15-5-2-6-16-38)39-17-10-28-49-31-39/h1-31H. The topological polar surface area (TPSA) is 38.7 Å². The van der Waals surface area contributed by atoms with Crippen LogP contribution in [-0.4, -0.2) is 15.0 Å². The van der Waals surface area contributed by atoms with E-state index in [1.807, 2.05) is 24.5 Å². The molecule has 1 aliphatic rings. The third kappa shape index (κ3) is 4.63. The summed E-state index contributed by atoms with van der Waals surface area (Å²) in [5.74, 6) is 0. The van der Waals surface area contributed by atoms with Crippen molar-refractivity contribution in [2.75, 3.05) is 0 Å². The Morgan fingerprint density at radius 3 is 1.69 bits per heavy atom. The molecule has 9 aromatic rings. The van der Waals surface area contributed by atoms with Crippen molar-refractivity contribution in [2.45, 2.75) is 5.41 Å². The highest BCUT2D eigenvalue weighted by Gasteiger charge is 2.46. The van der Waals surface area contributed by atoms with Gasteiger partial charge in [0.2, 0.25) is 0 Å². The van der Waals surface area contributed by atoms with Crippen molar-refractivity contribution in [1.29, 1.82) is 0 Å². The second-order valence-electron chi connectivity index (χ2n) is 13.2. The average molecular weight is 650 g/mol. The zero-order valence-electron chi connectivity index (χ0n) is 27.7. The number of hydrogen-bond donors (Lipinski definition) is 0. The summed E-state index contributed by atoms with van der Waals surface area (Å²) in [5.41, 5.74) is 15.1. The maximum atomic E-state index is 5.34. The van der Waals surface area contributed by atoms with E-state index < -0.39 is 5.41 Å². The van der Waals surface area contributed by atoms with Gasteiger partial charge in [0.1, 0.15) is 0 Å². The monoisotopic (exact) mass is 649 g/mol. The largest absolute Gasteiger partial charge is 0.264 e. The van der Waals surface area contributed by atoms with Gasteiger partial charge in [-0.15, -0.1) is 0 Å². The van der Waals surface area contributed by atoms with Crippen LogP contribution in [0.1, 0.15) is 22.3 Å². The first-order valence-electron chi connectivity index (χ1n) is 17.3. The zero-order chi connectivity index (χ0) is 33.8.